The van der Waals surface area contributed by atoms with E-state index in [1.54, 1.807) is 33.7 Å². The van der Waals surface area contributed by atoms with Crippen LogP contribution in [0.2, 0.25) is 0 Å². The van der Waals surface area contributed by atoms with Gasteiger partial charge in [-0.25, -0.2) is 4.79 Å². The van der Waals surface area contributed by atoms with Gasteiger partial charge in [0.05, 0.1) is 32.3 Å². The second-order valence-electron chi connectivity index (χ2n) is 6.77. The van der Waals surface area contributed by atoms with E-state index in [-0.39, 0.29) is 0 Å². The molecule has 3 rings (SSSR count). The first-order chi connectivity index (χ1) is 15.5. The maximum Gasteiger partial charge on any atom is 0.336 e. The number of nitrogens with zero attached hydrogens (tertiary/aromatic N) is 1. The molecule has 0 spiro atoms. The van der Waals surface area contributed by atoms with Gasteiger partial charge in [0, 0.05) is 43.6 Å². The highest BCUT2D eigenvalue weighted by Crippen LogP contribution is 2.38. The number of benzene rings is 1. The number of aldehydes is 1. The van der Waals surface area contributed by atoms with E-state index in [1.165, 1.54) is 18.4 Å². The lowest BCUT2D eigenvalue weighted by Crippen LogP contribution is -2.25. The van der Waals surface area contributed by atoms with E-state index in [0.717, 1.165) is 16.7 Å². The molecular formula is C24H29NO6S. The lowest BCUT2D eigenvalue weighted by Gasteiger charge is -2.28. The molecule has 1 aliphatic heterocycles. The fourth-order valence-electron chi connectivity index (χ4n) is 3.29. The van der Waals surface area contributed by atoms with Crippen LogP contribution in [0.15, 0.2) is 59.3 Å². The number of carbonyl (C=O) groups is 2. The SMILES string of the molecule is CCOc1cc(CN2C=C(C=O)C(c3cccs3)C(C(=O)OC)=C2)ccc1OC.COC. The Bertz CT molecular complexity index is 951. The Labute approximate surface area is 192 Å². The molecule has 7 nitrogen and oxygen atoms in total. The lowest BCUT2D eigenvalue weighted by atomic mass is 9.88. The van der Waals surface area contributed by atoms with Crippen molar-refractivity contribution < 1.29 is 28.5 Å². The number of hydrogen-bond donors (Lipinski definition) is 0. The van der Waals surface area contributed by atoms with E-state index in [9.17, 15) is 9.59 Å². The number of ether oxygens (including phenoxy) is 4. The third-order valence-electron chi connectivity index (χ3n) is 4.54. The van der Waals surface area contributed by atoms with E-state index in [0.29, 0.717) is 35.8 Å². The normalized spacial score (nSPS) is 15.0. The summed E-state index contributed by atoms with van der Waals surface area (Å²) in [7, 11) is 6.19. The van der Waals surface area contributed by atoms with Crippen molar-refractivity contribution in [2.24, 2.45) is 0 Å². The average Bonchev–Trinajstić information content (AvgIpc) is 3.33. The van der Waals surface area contributed by atoms with E-state index in [4.69, 9.17) is 14.2 Å². The monoisotopic (exact) mass is 459 g/mol. The first-order valence-electron chi connectivity index (χ1n) is 9.98. The van der Waals surface area contributed by atoms with Gasteiger partial charge in [-0.3, -0.25) is 4.79 Å². The summed E-state index contributed by atoms with van der Waals surface area (Å²) >= 11 is 1.50. The van der Waals surface area contributed by atoms with Gasteiger partial charge in [-0.05, 0) is 36.1 Å². The highest BCUT2D eigenvalue weighted by molar-refractivity contribution is 7.10. The Morgan fingerprint density at radius 3 is 2.44 bits per heavy atom. The molecule has 1 aromatic heterocycles. The van der Waals surface area contributed by atoms with Crippen LogP contribution in [0.3, 0.4) is 0 Å². The highest BCUT2D eigenvalue weighted by Gasteiger charge is 2.31. The molecule has 0 bridgehead atoms. The molecule has 1 aliphatic rings. The Balaban J connectivity index is 0.00000114. The van der Waals surface area contributed by atoms with Crippen LogP contribution < -0.4 is 9.47 Å². The summed E-state index contributed by atoms with van der Waals surface area (Å²) in [5, 5.41) is 1.92. The maximum atomic E-state index is 12.5. The molecular weight excluding hydrogens is 430 g/mol. The largest absolute Gasteiger partial charge is 0.493 e. The summed E-state index contributed by atoms with van der Waals surface area (Å²) < 4.78 is 20.2. The third kappa shape index (κ3) is 6.21. The molecule has 172 valence electrons. The summed E-state index contributed by atoms with van der Waals surface area (Å²) in [6.45, 7) is 2.89. The first-order valence-corrected chi connectivity index (χ1v) is 10.9. The van der Waals surface area contributed by atoms with Gasteiger partial charge in [-0.1, -0.05) is 12.1 Å². The van der Waals surface area contributed by atoms with Gasteiger partial charge >= 0.3 is 5.97 Å². The summed E-state index contributed by atoms with van der Waals surface area (Å²) in [6.07, 6.45) is 4.31. The van der Waals surface area contributed by atoms with Crippen LogP contribution >= 0.6 is 11.3 Å². The quantitative estimate of drug-likeness (QED) is 0.433. The van der Waals surface area contributed by atoms with Gasteiger partial charge in [0.1, 0.15) is 6.29 Å². The van der Waals surface area contributed by atoms with Gasteiger partial charge in [0.25, 0.3) is 0 Å². The molecule has 1 unspecified atom stereocenters. The van der Waals surface area contributed by atoms with Gasteiger partial charge in [-0.2, -0.15) is 0 Å². The summed E-state index contributed by atoms with van der Waals surface area (Å²) in [6, 6.07) is 9.47. The van der Waals surface area contributed by atoms with Crippen molar-refractivity contribution >= 4 is 23.6 Å². The predicted octanol–water partition coefficient (Wildman–Crippen LogP) is 4.16. The Kier molecular flexibility index (Phi) is 9.97. The molecule has 1 aromatic carbocycles. The van der Waals surface area contributed by atoms with Gasteiger partial charge in [0.2, 0.25) is 0 Å². The molecule has 0 saturated heterocycles. The molecule has 0 radical (unpaired) electrons. The van der Waals surface area contributed by atoms with Gasteiger partial charge < -0.3 is 23.8 Å². The molecule has 0 aliphatic carbocycles. The van der Waals surface area contributed by atoms with Gasteiger partial charge in [0.15, 0.2) is 11.5 Å². The summed E-state index contributed by atoms with van der Waals surface area (Å²) in [5.74, 6) is 0.427. The molecule has 32 heavy (non-hydrogen) atoms. The second-order valence-corrected chi connectivity index (χ2v) is 7.75. The zero-order chi connectivity index (χ0) is 23.5. The summed E-state index contributed by atoms with van der Waals surface area (Å²) in [5.41, 5.74) is 1.89. The number of methoxy groups -OCH3 is 3. The topological polar surface area (TPSA) is 74.3 Å². The van der Waals surface area contributed by atoms with Gasteiger partial charge in [-0.15, -0.1) is 11.3 Å². The Morgan fingerprint density at radius 1 is 1.12 bits per heavy atom. The van der Waals surface area contributed by atoms with Crippen molar-refractivity contribution in [1.82, 2.24) is 4.90 Å². The Morgan fingerprint density at radius 2 is 1.88 bits per heavy atom. The first kappa shape index (κ1) is 25.2. The predicted molar refractivity (Wildman–Crippen MR) is 124 cm³/mol. The number of thiophene rings is 1. The van der Waals surface area contributed by atoms with Crippen molar-refractivity contribution in [3.8, 4) is 11.5 Å². The van der Waals surface area contributed by atoms with E-state index < -0.39 is 11.9 Å². The van der Waals surface area contributed by atoms with Crippen molar-refractivity contribution in [2.75, 3.05) is 35.0 Å². The molecule has 1 atom stereocenters. The van der Waals surface area contributed by atoms with Crippen molar-refractivity contribution in [3.63, 3.8) is 0 Å². The number of esters is 1. The third-order valence-corrected chi connectivity index (χ3v) is 5.48. The number of allylic oxidation sites excluding steroid dienone is 1. The zero-order valence-electron chi connectivity index (χ0n) is 19.0. The van der Waals surface area contributed by atoms with Crippen LogP contribution in [-0.2, 0) is 25.6 Å². The molecule has 2 aromatic rings. The Hall–Kier alpha value is -3.10. The van der Waals surface area contributed by atoms with E-state index >= 15 is 0 Å². The minimum absolute atomic E-state index is 0.425. The molecule has 8 heteroatoms. The van der Waals surface area contributed by atoms with E-state index in [1.807, 2.05) is 47.5 Å². The fraction of sp³-hybridized carbons (Fsp3) is 0.333. The van der Waals surface area contributed by atoms with Crippen LogP contribution in [0.4, 0.5) is 0 Å². The van der Waals surface area contributed by atoms with Crippen LogP contribution in [0, 0.1) is 0 Å². The standard InChI is InChI=1S/C22H23NO5S.C2H6O/c1-4-28-19-10-15(7-8-18(19)26-2)11-23-12-16(14-24)21(20-6-5-9-29-20)17(13-23)22(25)27-3;1-3-2/h5-10,12-14,21H,4,11H2,1-3H3;1-2H3. The second kappa shape index (κ2) is 12.7. The molecule has 0 fully saturated rings. The fourth-order valence-corrected chi connectivity index (χ4v) is 4.16. The highest BCUT2D eigenvalue weighted by atomic mass is 32.1. The van der Waals surface area contributed by atoms with Crippen molar-refractivity contribution in [2.45, 2.75) is 19.4 Å². The molecule has 2 heterocycles. The smallest absolute Gasteiger partial charge is 0.336 e. The molecule has 0 saturated carbocycles. The van der Waals surface area contributed by atoms with Crippen LogP contribution in [0.5, 0.6) is 11.5 Å². The minimum Gasteiger partial charge on any atom is -0.493 e. The van der Waals surface area contributed by atoms with Crippen LogP contribution in [-0.4, -0.2) is 52.2 Å². The lowest BCUT2D eigenvalue weighted by molar-refractivity contribution is -0.136. The number of carbonyl (C=O) groups excluding carboxylic acids is 2. The van der Waals surface area contributed by atoms with E-state index in [2.05, 4.69) is 4.74 Å². The molecule has 0 N–H and O–H groups in total. The van der Waals surface area contributed by atoms with Crippen LogP contribution in [0.1, 0.15) is 23.3 Å². The number of hydrogen-bond acceptors (Lipinski definition) is 8. The maximum absolute atomic E-state index is 12.5. The van der Waals surface area contributed by atoms with Crippen LogP contribution in [0.25, 0.3) is 0 Å². The van der Waals surface area contributed by atoms with Crippen molar-refractivity contribution in [3.05, 3.63) is 69.7 Å². The van der Waals surface area contributed by atoms with Crippen molar-refractivity contribution in [1.29, 1.82) is 0 Å². The minimum atomic E-state index is -0.453. The zero-order valence-corrected chi connectivity index (χ0v) is 19.8. The summed E-state index contributed by atoms with van der Waals surface area (Å²) in [4.78, 5) is 27.0. The molecule has 0 amide bonds. The number of rotatable bonds is 8. The average molecular weight is 460 g/mol.